The van der Waals surface area contributed by atoms with Gasteiger partial charge in [0.05, 0.1) is 0 Å². The Morgan fingerprint density at radius 3 is 2.52 bits per heavy atom. The van der Waals surface area contributed by atoms with Crippen LogP contribution in [0, 0.1) is 5.82 Å². The third kappa shape index (κ3) is 5.64. The van der Waals surface area contributed by atoms with E-state index in [9.17, 15) is 4.39 Å². The van der Waals surface area contributed by atoms with E-state index in [2.05, 4.69) is 50.0 Å². The van der Waals surface area contributed by atoms with Crippen molar-refractivity contribution in [2.45, 2.75) is 39.8 Å². The molecular formula is C17H30FN3. The molecule has 0 amide bonds. The Labute approximate surface area is 129 Å². The van der Waals surface area contributed by atoms with E-state index in [1.54, 1.807) is 12.1 Å². The van der Waals surface area contributed by atoms with Crippen molar-refractivity contribution in [3.63, 3.8) is 0 Å². The van der Waals surface area contributed by atoms with Gasteiger partial charge in [-0.2, -0.15) is 0 Å². The van der Waals surface area contributed by atoms with E-state index in [1.165, 1.54) is 0 Å². The summed E-state index contributed by atoms with van der Waals surface area (Å²) in [5, 5.41) is 3.37. The number of halogens is 1. The molecule has 3 nitrogen and oxygen atoms in total. The van der Waals surface area contributed by atoms with Crippen molar-refractivity contribution in [3.05, 3.63) is 29.6 Å². The highest BCUT2D eigenvalue weighted by atomic mass is 19.1. The predicted molar refractivity (Wildman–Crippen MR) is 89.4 cm³/mol. The molecule has 0 saturated heterocycles. The molecule has 0 aliphatic carbocycles. The molecule has 120 valence electrons. The van der Waals surface area contributed by atoms with Gasteiger partial charge in [0.25, 0.3) is 0 Å². The Hall–Kier alpha value is -1.13. The standard InChI is InChI=1S/C17H30FN3/c1-6-10-19-12-15-11-16(18)8-9-17(15)21(7-2)14(3)13-20(4)5/h8-9,11,14,19H,6-7,10,12-13H2,1-5H3. The fourth-order valence-corrected chi connectivity index (χ4v) is 2.72. The average molecular weight is 295 g/mol. The van der Waals surface area contributed by atoms with E-state index >= 15 is 0 Å². The van der Waals surface area contributed by atoms with Crippen LogP contribution >= 0.6 is 0 Å². The summed E-state index contributed by atoms with van der Waals surface area (Å²) in [6, 6.07) is 5.51. The smallest absolute Gasteiger partial charge is 0.123 e. The first-order chi connectivity index (χ1) is 9.99. The molecule has 0 radical (unpaired) electrons. The van der Waals surface area contributed by atoms with Crippen LogP contribution in [0.2, 0.25) is 0 Å². The fourth-order valence-electron chi connectivity index (χ4n) is 2.72. The highest BCUT2D eigenvalue weighted by Gasteiger charge is 2.17. The molecule has 4 heteroatoms. The lowest BCUT2D eigenvalue weighted by Gasteiger charge is -2.33. The van der Waals surface area contributed by atoms with Crippen LogP contribution in [0.1, 0.15) is 32.8 Å². The number of hydrogen-bond donors (Lipinski definition) is 1. The summed E-state index contributed by atoms with van der Waals surface area (Å²) >= 11 is 0. The summed E-state index contributed by atoms with van der Waals surface area (Å²) < 4.78 is 13.6. The largest absolute Gasteiger partial charge is 0.368 e. The van der Waals surface area contributed by atoms with E-state index in [1.807, 2.05) is 6.07 Å². The maximum absolute atomic E-state index is 13.6. The number of hydrogen-bond acceptors (Lipinski definition) is 3. The molecule has 0 heterocycles. The van der Waals surface area contributed by atoms with E-state index in [-0.39, 0.29) is 5.82 Å². The van der Waals surface area contributed by atoms with Gasteiger partial charge in [-0.25, -0.2) is 4.39 Å². The van der Waals surface area contributed by atoms with Gasteiger partial charge in [-0.05, 0) is 64.7 Å². The summed E-state index contributed by atoms with van der Waals surface area (Å²) in [5.41, 5.74) is 2.17. The van der Waals surface area contributed by atoms with Crippen LogP contribution in [-0.4, -0.2) is 44.7 Å². The molecule has 0 aromatic heterocycles. The third-order valence-corrected chi connectivity index (χ3v) is 3.60. The second kappa shape index (κ2) is 9.00. The molecule has 0 bridgehead atoms. The zero-order chi connectivity index (χ0) is 15.8. The van der Waals surface area contributed by atoms with Gasteiger partial charge in [-0.1, -0.05) is 6.92 Å². The average Bonchev–Trinajstić information content (AvgIpc) is 2.41. The summed E-state index contributed by atoms with van der Waals surface area (Å²) in [6.07, 6.45) is 1.08. The van der Waals surface area contributed by atoms with E-state index < -0.39 is 0 Å². The molecule has 0 spiro atoms. The fraction of sp³-hybridized carbons (Fsp3) is 0.647. The number of anilines is 1. The number of nitrogens with zero attached hydrogens (tertiary/aromatic N) is 2. The first-order valence-corrected chi connectivity index (χ1v) is 7.90. The minimum absolute atomic E-state index is 0.164. The maximum Gasteiger partial charge on any atom is 0.123 e. The summed E-state index contributed by atoms with van der Waals surface area (Å²) in [6.45, 7) is 10.1. The van der Waals surface area contributed by atoms with Crippen molar-refractivity contribution in [1.29, 1.82) is 0 Å². The molecule has 1 aromatic rings. The predicted octanol–water partition coefficient (Wildman–Crippen LogP) is 3.10. The number of rotatable bonds is 9. The van der Waals surface area contributed by atoms with Crippen molar-refractivity contribution in [1.82, 2.24) is 10.2 Å². The topological polar surface area (TPSA) is 18.5 Å². The van der Waals surface area contributed by atoms with E-state index in [0.717, 1.165) is 37.3 Å². The zero-order valence-corrected chi connectivity index (χ0v) is 14.1. The molecule has 1 unspecified atom stereocenters. The molecule has 1 atom stereocenters. The molecule has 21 heavy (non-hydrogen) atoms. The molecule has 1 rings (SSSR count). The van der Waals surface area contributed by atoms with Crippen LogP contribution in [-0.2, 0) is 6.54 Å². The van der Waals surface area contributed by atoms with Gasteiger partial charge < -0.3 is 15.1 Å². The molecule has 1 N–H and O–H groups in total. The minimum Gasteiger partial charge on any atom is -0.368 e. The highest BCUT2D eigenvalue weighted by Crippen LogP contribution is 2.24. The molecule has 1 aromatic carbocycles. The summed E-state index contributed by atoms with van der Waals surface area (Å²) in [5.74, 6) is -0.164. The van der Waals surface area contributed by atoms with Crippen LogP contribution in [0.15, 0.2) is 18.2 Å². The number of likely N-dealkylation sites (N-methyl/N-ethyl adjacent to an activating group) is 2. The number of benzene rings is 1. The Balaban J connectivity index is 2.96. The van der Waals surface area contributed by atoms with E-state index in [4.69, 9.17) is 0 Å². The number of nitrogens with one attached hydrogen (secondary N) is 1. The van der Waals surface area contributed by atoms with Crippen molar-refractivity contribution < 1.29 is 4.39 Å². The van der Waals surface area contributed by atoms with Gasteiger partial charge in [0, 0.05) is 31.4 Å². The Bertz CT molecular complexity index is 420. The molecule has 0 aliphatic heterocycles. The second-order valence-corrected chi connectivity index (χ2v) is 5.85. The highest BCUT2D eigenvalue weighted by molar-refractivity contribution is 5.54. The van der Waals surface area contributed by atoms with Gasteiger partial charge in [0.15, 0.2) is 0 Å². The summed E-state index contributed by atoms with van der Waals surface area (Å²) in [4.78, 5) is 4.54. The van der Waals surface area contributed by atoms with E-state index in [0.29, 0.717) is 12.6 Å². The van der Waals surface area contributed by atoms with Crippen molar-refractivity contribution >= 4 is 5.69 Å². The van der Waals surface area contributed by atoms with Gasteiger partial charge >= 0.3 is 0 Å². The lowest BCUT2D eigenvalue weighted by Crippen LogP contribution is -2.40. The van der Waals surface area contributed by atoms with Crippen molar-refractivity contribution in [2.75, 3.05) is 38.6 Å². The first kappa shape index (κ1) is 17.9. The van der Waals surface area contributed by atoms with Gasteiger partial charge in [-0.15, -0.1) is 0 Å². The van der Waals surface area contributed by atoms with Crippen molar-refractivity contribution in [2.24, 2.45) is 0 Å². The maximum atomic E-state index is 13.6. The first-order valence-electron chi connectivity index (χ1n) is 7.90. The lowest BCUT2D eigenvalue weighted by molar-refractivity contribution is 0.372. The SMILES string of the molecule is CCCNCc1cc(F)ccc1N(CC)C(C)CN(C)C. The second-order valence-electron chi connectivity index (χ2n) is 5.85. The van der Waals surface area contributed by atoms with Gasteiger partial charge in [-0.3, -0.25) is 0 Å². The van der Waals surface area contributed by atoms with Crippen molar-refractivity contribution in [3.8, 4) is 0 Å². The Morgan fingerprint density at radius 1 is 1.24 bits per heavy atom. The van der Waals surface area contributed by atoms with Gasteiger partial charge in [0.1, 0.15) is 5.82 Å². The quantitative estimate of drug-likeness (QED) is 0.706. The Kier molecular flexibility index (Phi) is 7.68. The molecular weight excluding hydrogens is 265 g/mol. The minimum atomic E-state index is -0.164. The van der Waals surface area contributed by atoms with Crippen LogP contribution in [0.4, 0.5) is 10.1 Å². The molecule has 0 aliphatic rings. The molecule has 0 fully saturated rings. The Morgan fingerprint density at radius 2 is 1.95 bits per heavy atom. The monoisotopic (exact) mass is 295 g/mol. The normalized spacial score (nSPS) is 12.7. The van der Waals surface area contributed by atoms with Crippen LogP contribution in [0.3, 0.4) is 0 Å². The summed E-state index contributed by atoms with van der Waals surface area (Å²) in [7, 11) is 4.16. The van der Waals surface area contributed by atoms with Crippen LogP contribution < -0.4 is 10.2 Å². The van der Waals surface area contributed by atoms with Gasteiger partial charge in [0.2, 0.25) is 0 Å². The third-order valence-electron chi connectivity index (χ3n) is 3.60. The van der Waals surface area contributed by atoms with Crippen LogP contribution in [0.5, 0.6) is 0 Å². The molecule has 0 saturated carbocycles. The van der Waals surface area contributed by atoms with Crippen LogP contribution in [0.25, 0.3) is 0 Å². The zero-order valence-electron chi connectivity index (χ0n) is 14.1. The lowest BCUT2D eigenvalue weighted by atomic mass is 10.1.